The van der Waals surface area contributed by atoms with Crippen molar-refractivity contribution in [1.29, 1.82) is 0 Å². The zero-order valence-electron chi connectivity index (χ0n) is 20.6. The molecule has 1 saturated carbocycles. The van der Waals surface area contributed by atoms with Gasteiger partial charge in [-0.1, -0.05) is 67.8 Å². The van der Waals surface area contributed by atoms with E-state index in [1.54, 1.807) is 4.90 Å². The molecule has 0 spiro atoms. The van der Waals surface area contributed by atoms with Crippen LogP contribution in [-0.4, -0.2) is 40.7 Å². The molecule has 1 saturated heterocycles. The lowest BCUT2D eigenvalue weighted by Gasteiger charge is -2.35. The van der Waals surface area contributed by atoms with Crippen LogP contribution in [0.15, 0.2) is 54.2 Å². The number of hydrogen-bond donors (Lipinski definition) is 0. The largest absolute Gasteiger partial charge is 0.366 e. The van der Waals surface area contributed by atoms with Gasteiger partial charge in [0, 0.05) is 19.1 Å². The molecule has 1 aliphatic carbocycles. The SMILES string of the molecule is Cc1ccc(C2=C(N3CCC(Cc4ccccc4)CC3)C(=O)N(C3CCCCC3)C2=O)cc1C. The van der Waals surface area contributed by atoms with Crippen molar-refractivity contribution in [2.45, 2.75) is 71.3 Å². The van der Waals surface area contributed by atoms with Gasteiger partial charge in [-0.05, 0) is 74.1 Å². The van der Waals surface area contributed by atoms with E-state index in [0.717, 1.165) is 69.2 Å². The Morgan fingerprint density at radius 1 is 0.794 bits per heavy atom. The number of nitrogens with zero attached hydrogens (tertiary/aromatic N) is 2. The fourth-order valence-electron chi connectivity index (χ4n) is 5.96. The van der Waals surface area contributed by atoms with Crippen molar-refractivity contribution in [3.8, 4) is 0 Å². The molecule has 2 aromatic carbocycles. The first-order chi connectivity index (χ1) is 16.5. The smallest absolute Gasteiger partial charge is 0.278 e. The molecule has 3 aliphatic rings. The Hall–Kier alpha value is -2.88. The summed E-state index contributed by atoms with van der Waals surface area (Å²) in [6.45, 7) is 5.83. The van der Waals surface area contributed by atoms with Gasteiger partial charge in [-0.15, -0.1) is 0 Å². The summed E-state index contributed by atoms with van der Waals surface area (Å²) >= 11 is 0. The van der Waals surface area contributed by atoms with Gasteiger partial charge in [-0.3, -0.25) is 14.5 Å². The fourth-order valence-corrected chi connectivity index (χ4v) is 5.96. The number of imide groups is 1. The first kappa shape index (κ1) is 22.9. The van der Waals surface area contributed by atoms with Gasteiger partial charge < -0.3 is 4.90 Å². The molecule has 0 bridgehead atoms. The predicted octanol–water partition coefficient (Wildman–Crippen LogP) is 5.67. The van der Waals surface area contributed by atoms with Gasteiger partial charge in [-0.2, -0.15) is 0 Å². The van der Waals surface area contributed by atoms with Crippen molar-refractivity contribution >= 4 is 17.4 Å². The van der Waals surface area contributed by atoms with Crippen LogP contribution < -0.4 is 0 Å². The number of rotatable bonds is 5. The summed E-state index contributed by atoms with van der Waals surface area (Å²) in [5.74, 6) is 0.471. The van der Waals surface area contributed by atoms with E-state index in [9.17, 15) is 9.59 Å². The standard InChI is InChI=1S/C30H36N2O2/c1-21-13-14-25(19-22(21)2)27-28(30(34)32(29(27)33)26-11-7-4-8-12-26)31-17-15-24(16-18-31)20-23-9-5-3-6-10-23/h3,5-6,9-10,13-14,19,24,26H,4,7-8,11-12,15-18,20H2,1-2H3. The number of carbonyl (C=O) groups is 2. The monoisotopic (exact) mass is 456 g/mol. The molecular formula is C30H36N2O2. The van der Waals surface area contributed by atoms with Crippen LogP contribution in [0.1, 0.15) is 67.2 Å². The summed E-state index contributed by atoms with van der Waals surface area (Å²) in [7, 11) is 0. The highest BCUT2D eigenvalue weighted by Gasteiger charge is 2.45. The van der Waals surface area contributed by atoms with Crippen LogP contribution in [-0.2, 0) is 16.0 Å². The number of benzene rings is 2. The van der Waals surface area contributed by atoms with Crippen LogP contribution >= 0.6 is 0 Å². The molecule has 4 heteroatoms. The zero-order chi connectivity index (χ0) is 23.7. The molecule has 2 amide bonds. The quantitative estimate of drug-likeness (QED) is 0.544. The van der Waals surface area contributed by atoms with Gasteiger partial charge in [0.25, 0.3) is 11.8 Å². The third-order valence-electron chi connectivity index (χ3n) is 8.12. The topological polar surface area (TPSA) is 40.6 Å². The molecule has 178 valence electrons. The minimum absolute atomic E-state index is 0.0448. The maximum Gasteiger partial charge on any atom is 0.278 e. The average Bonchev–Trinajstić information content (AvgIpc) is 3.12. The number of piperidine rings is 1. The average molecular weight is 457 g/mol. The molecule has 5 rings (SSSR count). The van der Waals surface area contributed by atoms with E-state index >= 15 is 0 Å². The molecule has 2 heterocycles. The number of likely N-dealkylation sites (tertiary alicyclic amines) is 1. The summed E-state index contributed by atoms with van der Waals surface area (Å²) in [5.41, 5.74) is 5.90. The van der Waals surface area contributed by atoms with Gasteiger partial charge in [-0.25, -0.2) is 0 Å². The first-order valence-electron chi connectivity index (χ1n) is 13.0. The van der Waals surface area contributed by atoms with Crippen LogP contribution in [0.5, 0.6) is 0 Å². The van der Waals surface area contributed by atoms with Gasteiger partial charge in [0.05, 0.1) is 5.57 Å². The molecule has 2 fully saturated rings. The van der Waals surface area contributed by atoms with Gasteiger partial charge in [0.2, 0.25) is 0 Å². The number of carbonyl (C=O) groups excluding carboxylic acids is 2. The second-order valence-electron chi connectivity index (χ2n) is 10.4. The summed E-state index contributed by atoms with van der Waals surface area (Å²) in [4.78, 5) is 31.5. The molecule has 0 atom stereocenters. The molecule has 0 radical (unpaired) electrons. The summed E-state index contributed by atoms with van der Waals surface area (Å²) < 4.78 is 0. The maximum atomic E-state index is 13.8. The maximum absolute atomic E-state index is 13.8. The minimum atomic E-state index is -0.0819. The Labute approximate surface area is 203 Å². The van der Waals surface area contributed by atoms with E-state index in [4.69, 9.17) is 0 Å². The van der Waals surface area contributed by atoms with Crippen molar-refractivity contribution in [2.75, 3.05) is 13.1 Å². The van der Waals surface area contributed by atoms with Gasteiger partial charge in [0.15, 0.2) is 0 Å². The Kier molecular flexibility index (Phi) is 6.58. The lowest BCUT2D eigenvalue weighted by atomic mass is 9.89. The summed E-state index contributed by atoms with van der Waals surface area (Å²) in [6, 6.07) is 16.9. The molecule has 0 unspecified atom stereocenters. The molecule has 0 aromatic heterocycles. The molecule has 0 N–H and O–H groups in total. The Morgan fingerprint density at radius 3 is 2.18 bits per heavy atom. The number of amides is 2. The van der Waals surface area contributed by atoms with Crippen LogP contribution in [0.3, 0.4) is 0 Å². The Morgan fingerprint density at radius 2 is 1.50 bits per heavy atom. The fraction of sp³-hybridized carbons (Fsp3) is 0.467. The summed E-state index contributed by atoms with van der Waals surface area (Å²) in [6.07, 6.45) is 8.44. The normalized spacial score (nSPS) is 20.5. The lowest BCUT2D eigenvalue weighted by molar-refractivity contribution is -0.141. The second kappa shape index (κ2) is 9.77. The number of hydrogen-bond acceptors (Lipinski definition) is 3. The van der Waals surface area contributed by atoms with E-state index in [2.05, 4.69) is 61.2 Å². The van der Waals surface area contributed by atoms with E-state index < -0.39 is 0 Å². The minimum Gasteiger partial charge on any atom is -0.366 e. The van der Waals surface area contributed by atoms with Crippen LogP contribution in [0.4, 0.5) is 0 Å². The van der Waals surface area contributed by atoms with Crippen molar-refractivity contribution in [2.24, 2.45) is 5.92 Å². The second-order valence-corrected chi connectivity index (χ2v) is 10.4. The number of aryl methyl sites for hydroxylation is 2. The van der Waals surface area contributed by atoms with E-state index in [1.165, 1.54) is 17.5 Å². The van der Waals surface area contributed by atoms with Crippen LogP contribution in [0.25, 0.3) is 5.57 Å². The van der Waals surface area contributed by atoms with Crippen LogP contribution in [0.2, 0.25) is 0 Å². The molecule has 4 nitrogen and oxygen atoms in total. The van der Waals surface area contributed by atoms with Gasteiger partial charge in [0.1, 0.15) is 5.70 Å². The molecule has 2 aliphatic heterocycles. The van der Waals surface area contributed by atoms with E-state index in [-0.39, 0.29) is 17.9 Å². The third-order valence-corrected chi connectivity index (χ3v) is 8.12. The van der Waals surface area contributed by atoms with Crippen molar-refractivity contribution < 1.29 is 9.59 Å². The molecule has 34 heavy (non-hydrogen) atoms. The molecule has 2 aromatic rings. The lowest BCUT2D eigenvalue weighted by Crippen LogP contribution is -2.44. The van der Waals surface area contributed by atoms with Crippen molar-refractivity contribution in [3.63, 3.8) is 0 Å². The highest BCUT2D eigenvalue weighted by Crippen LogP contribution is 2.38. The Balaban J connectivity index is 1.42. The zero-order valence-corrected chi connectivity index (χ0v) is 20.6. The first-order valence-corrected chi connectivity index (χ1v) is 13.0. The Bertz CT molecular complexity index is 1090. The molecular weight excluding hydrogens is 420 g/mol. The summed E-state index contributed by atoms with van der Waals surface area (Å²) in [5, 5.41) is 0. The predicted molar refractivity (Wildman–Crippen MR) is 136 cm³/mol. The van der Waals surface area contributed by atoms with Crippen LogP contribution in [0, 0.1) is 19.8 Å². The van der Waals surface area contributed by atoms with E-state index in [1.807, 2.05) is 6.07 Å². The highest BCUT2D eigenvalue weighted by atomic mass is 16.2. The third kappa shape index (κ3) is 4.43. The van der Waals surface area contributed by atoms with Crippen molar-refractivity contribution in [3.05, 3.63) is 76.5 Å². The van der Waals surface area contributed by atoms with Crippen molar-refractivity contribution in [1.82, 2.24) is 9.80 Å². The van der Waals surface area contributed by atoms with Gasteiger partial charge >= 0.3 is 0 Å². The van der Waals surface area contributed by atoms with E-state index in [0.29, 0.717) is 17.2 Å². The highest BCUT2D eigenvalue weighted by molar-refractivity contribution is 6.35.